The van der Waals surface area contributed by atoms with Crippen LogP contribution in [0.2, 0.25) is 0 Å². The van der Waals surface area contributed by atoms with E-state index in [2.05, 4.69) is 0 Å². The molecule has 0 spiro atoms. The van der Waals surface area contributed by atoms with Gasteiger partial charge in [-0.2, -0.15) is 0 Å². The number of rotatable bonds is 2. The molecular formula is C9H16O2. The van der Waals surface area contributed by atoms with Crippen LogP contribution >= 0.6 is 0 Å². The van der Waals surface area contributed by atoms with E-state index >= 15 is 0 Å². The molecule has 0 rings (SSSR count). The van der Waals surface area contributed by atoms with Crippen molar-refractivity contribution in [3.63, 3.8) is 0 Å². The highest BCUT2D eigenvalue weighted by atomic mass is 16.2. The summed E-state index contributed by atoms with van der Waals surface area (Å²) in [5, 5.41) is 0. The molecule has 0 aromatic heterocycles. The highest BCUT2D eigenvalue weighted by Crippen LogP contribution is 2.17. The number of hydrogen-bond acceptors (Lipinski definition) is 2. The minimum absolute atomic E-state index is 0.179. The normalized spacial score (nSPS) is 11.8. The molecule has 0 saturated heterocycles. The topological polar surface area (TPSA) is 34.1 Å². The molecule has 0 bridgehead atoms. The summed E-state index contributed by atoms with van der Waals surface area (Å²) in [6.45, 7) is 8.76. The van der Waals surface area contributed by atoms with E-state index in [0.29, 0.717) is 0 Å². The molecule has 0 aromatic rings. The second-order valence-corrected chi connectivity index (χ2v) is 4.10. The molecule has 64 valence electrons. The van der Waals surface area contributed by atoms with E-state index in [9.17, 15) is 9.59 Å². The lowest BCUT2D eigenvalue weighted by Gasteiger charge is -2.16. The Kier molecular flexibility index (Phi) is 2.97. The van der Waals surface area contributed by atoms with E-state index in [1.54, 1.807) is 34.6 Å². The van der Waals surface area contributed by atoms with Crippen LogP contribution < -0.4 is 0 Å². The van der Waals surface area contributed by atoms with Crippen LogP contribution in [0, 0.1) is 11.3 Å². The summed E-state index contributed by atoms with van der Waals surface area (Å²) in [7, 11) is 0. The number of carbonyl (C=O) groups is 2. The van der Waals surface area contributed by atoms with Crippen LogP contribution in [0.15, 0.2) is 0 Å². The quantitative estimate of drug-likeness (QED) is 0.571. The van der Waals surface area contributed by atoms with Crippen LogP contribution in [0.4, 0.5) is 0 Å². The summed E-state index contributed by atoms with van der Waals surface area (Å²) in [6.07, 6.45) is 0. The van der Waals surface area contributed by atoms with Gasteiger partial charge in [-0.3, -0.25) is 9.59 Å². The van der Waals surface area contributed by atoms with Crippen LogP contribution in [0.1, 0.15) is 34.6 Å². The second kappa shape index (κ2) is 3.16. The molecule has 11 heavy (non-hydrogen) atoms. The van der Waals surface area contributed by atoms with Gasteiger partial charge in [0.1, 0.15) is 0 Å². The summed E-state index contributed by atoms with van der Waals surface area (Å²) in [4.78, 5) is 22.4. The van der Waals surface area contributed by atoms with Gasteiger partial charge in [0.25, 0.3) is 0 Å². The Hall–Kier alpha value is -0.660. The summed E-state index contributed by atoms with van der Waals surface area (Å²) < 4.78 is 0. The van der Waals surface area contributed by atoms with Crippen LogP contribution in [-0.4, -0.2) is 11.6 Å². The molecule has 0 radical (unpaired) electrons. The molecule has 2 nitrogen and oxygen atoms in total. The molecule has 0 fully saturated rings. The number of carbonyl (C=O) groups excluding carboxylic acids is 2. The molecule has 0 unspecified atom stereocenters. The van der Waals surface area contributed by atoms with Crippen LogP contribution in [0.5, 0.6) is 0 Å². The van der Waals surface area contributed by atoms with Gasteiger partial charge in [0.05, 0.1) is 0 Å². The van der Waals surface area contributed by atoms with Crippen molar-refractivity contribution in [1.82, 2.24) is 0 Å². The second-order valence-electron chi connectivity index (χ2n) is 4.10. The fourth-order valence-corrected chi connectivity index (χ4v) is 0.632. The fraction of sp³-hybridized carbons (Fsp3) is 0.778. The highest BCUT2D eigenvalue weighted by molar-refractivity contribution is 6.39. The van der Waals surface area contributed by atoms with E-state index in [4.69, 9.17) is 0 Å². The van der Waals surface area contributed by atoms with E-state index < -0.39 is 5.41 Å². The number of ketones is 2. The van der Waals surface area contributed by atoms with Crippen LogP contribution in [-0.2, 0) is 9.59 Å². The highest BCUT2D eigenvalue weighted by Gasteiger charge is 2.29. The molecule has 0 heterocycles. The standard InChI is InChI=1S/C9H16O2/c1-6(2)7(10)8(11)9(3,4)5/h6H,1-5H3. The number of Topliss-reactive ketones (excluding diaryl/α,β-unsaturated/α-hetero) is 2. The molecule has 0 aromatic carbocycles. The molecule has 0 aliphatic heterocycles. The Balaban J connectivity index is 4.40. The first-order valence-electron chi connectivity index (χ1n) is 3.85. The average Bonchev–Trinajstić information content (AvgIpc) is 1.82. The van der Waals surface area contributed by atoms with Crippen molar-refractivity contribution in [3.8, 4) is 0 Å². The van der Waals surface area contributed by atoms with Gasteiger partial charge in [0.15, 0.2) is 0 Å². The Morgan fingerprint density at radius 2 is 1.45 bits per heavy atom. The van der Waals surface area contributed by atoms with Gasteiger partial charge in [-0.1, -0.05) is 34.6 Å². The Bertz CT molecular complexity index is 172. The first-order valence-corrected chi connectivity index (χ1v) is 3.85. The molecule has 0 amide bonds. The summed E-state index contributed by atoms with van der Waals surface area (Å²) in [6, 6.07) is 0. The van der Waals surface area contributed by atoms with Gasteiger partial charge in [-0.25, -0.2) is 0 Å². The van der Waals surface area contributed by atoms with Crippen molar-refractivity contribution in [2.24, 2.45) is 11.3 Å². The minimum atomic E-state index is -0.526. The van der Waals surface area contributed by atoms with Gasteiger partial charge >= 0.3 is 0 Å². The largest absolute Gasteiger partial charge is 0.291 e. The van der Waals surface area contributed by atoms with Crippen LogP contribution in [0.3, 0.4) is 0 Å². The maximum absolute atomic E-state index is 11.3. The Morgan fingerprint density at radius 1 is 1.09 bits per heavy atom. The number of hydrogen-bond donors (Lipinski definition) is 0. The molecule has 0 saturated carbocycles. The molecule has 0 atom stereocenters. The zero-order chi connectivity index (χ0) is 9.23. The zero-order valence-electron chi connectivity index (χ0n) is 7.89. The van der Waals surface area contributed by atoms with Crippen molar-refractivity contribution in [2.75, 3.05) is 0 Å². The summed E-state index contributed by atoms with van der Waals surface area (Å²) in [5.41, 5.74) is -0.526. The average molecular weight is 156 g/mol. The van der Waals surface area contributed by atoms with E-state index in [1.807, 2.05) is 0 Å². The molecular weight excluding hydrogens is 140 g/mol. The first-order chi connectivity index (χ1) is 4.76. The van der Waals surface area contributed by atoms with Crippen molar-refractivity contribution in [2.45, 2.75) is 34.6 Å². The molecule has 2 heteroatoms. The predicted molar refractivity (Wildman–Crippen MR) is 44.3 cm³/mol. The van der Waals surface area contributed by atoms with Crippen molar-refractivity contribution >= 4 is 11.6 Å². The van der Waals surface area contributed by atoms with Gasteiger partial charge in [0, 0.05) is 11.3 Å². The maximum atomic E-state index is 11.3. The smallest absolute Gasteiger partial charge is 0.203 e. The van der Waals surface area contributed by atoms with Crippen molar-refractivity contribution in [1.29, 1.82) is 0 Å². The maximum Gasteiger partial charge on any atom is 0.203 e. The van der Waals surface area contributed by atoms with Crippen molar-refractivity contribution in [3.05, 3.63) is 0 Å². The van der Waals surface area contributed by atoms with Gasteiger partial charge in [0.2, 0.25) is 11.6 Å². The molecule has 0 aliphatic rings. The third kappa shape index (κ3) is 2.83. The lowest BCUT2D eigenvalue weighted by atomic mass is 9.85. The van der Waals surface area contributed by atoms with Gasteiger partial charge in [-0.15, -0.1) is 0 Å². The van der Waals surface area contributed by atoms with E-state index in [0.717, 1.165) is 0 Å². The molecule has 0 N–H and O–H groups in total. The Morgan fingerprint density at radius 3 is 1.55 bits per heavy atom. The van der Waals surface area contributed by atoms with Crippen molar-refractivity contribution < 1.29 is 9.59 Å². The fourth-order valence-electron chi connectivity index (χ4n) is 0.632. The SMILES string of the molecule is CC(C)C(=O)C(=O)C(C)(C)C. The van der Waals surface area contributed by atoms with E-state index in [-0.39, 0.29) is 17.5 Å². The lowest BCUT2D eigenvalue weighted by Crippen LogP contribution is -2.31. The summed E-state index contributed by atoms with van der Waals surface area (Å²) in [5.74, 6) is -0.716. The predicted octanol–water partition coefficient (Wildman–Crippen LogP) is 1.83. The van der Waals surface area contributed by atoms with Gasteiger partial charge < -0.3 is 0 Å². The molecule has 0 aliphatic carbocycles. The van der Waals surface area contributed by atoms with Gasteiger partial charge in [-0.05, 0) is 0 Å². The Labute approximate surface area is 68.0 Å². The minimum Gasteiger partial charge on any atom is -0.291 e. The lowest BCUT2D eigenvalue weighted by molar-refractivity contribution is -0.142. The third-order valence-electron chi connectivity index (χ3n) is 1.43. The zero-order valence-corrected chi connectivity index (χ0v) is 7.89. The van der Waals surface area contributed by atoms with Crippen LogP contribution in [0.25, 0.3) is 0 Å². The monoisotopic (exact) mass is 156 g/mol. The third-order valence-corrected chi connectivity index (χ3v) is 1.43. The summed E-state index contributed by atoms with van der Waals surface area (Å²) >= 11 is 0. The first kappa shape index (κ1) is 10.3. The van der Waals surface area contributed by atoms with E-state index in [1.165, 1.54) is 0 Å².